The molecule has 37 heavy (non-hydrogen) atoms. The molecule has 4 heterocycles. The topological polar surface area (TPSA) is 96.2 Å². The average Bonchev–Trinajstić information content (AvgIpc) is 3.42. The number of ether oxygens (including phenoxy) is 1. The molecule has 1 aromatic heterocycles. The van der Waals surface area contributed by atoms with Crippen molar-refractivity contribution in [1.29, 1.82) is 0 Å². The number of rotatable bonds is 3. The molecule has 0 unspecified atom stereocenters. The zero-order valence-electron chi connectivity index (χ0n) is 21.6. The number of likely N-dealkylation sites (tertiary alicyclic amines) is 1. The first kappa shape index (κ1) is 25.8. The van der Waals surface area contributed by atoms with Gasteiger partial charge in [-0.25, -0.2) is 11.4 Å². The number of aromatic nitrogens is 1. The van der Waals surface area contributed by atoms with Crippen LogP contribution in [0.2, 0.25) is 5.02 Å². The van der Waals surface area contributed by atoms with E-state index < -0.39 is 29.3 Å². The van der Waals surface area contributed by atoms with Crippen LogP contribution >= 0.6 is 11.6 Å². The number of hydrogen-bond acceptors (Lipinski definition) is 5. The normalized spacial score (nSPS) is 30.5. The molecule has 9 nitrogen and oxygen atoms in total. The lowest BCUT2D eigenvalue weighted by atomic mass is 9.92. The highest BCUT2D eigenvalue weighted by Gasteiger charge is 2.68. The van der Waals surface area contributed by atoms with Gasteiger partial charge in [-0.1, -0.05) is 11.6 Å². The number of nitrogens with one attached hydrogen (secondary N) is 1. The molecule has 1 aliphatic carbocycles. The van der Waals surface area contributed by atoms with Crippen molar-refractivity contribution in [2.45, 2.75) is 107 Å². The Balaban J connectivity index is 1.37. The van der Waals surface area contributed by atoms with Gasteiger partial charge in [-0.15, -0.1) is 0 Å². The van der Waals surface area contributed by atoms with Crippen LogP contribution in [-0.4, -0.2) is 74.5 Å². The van der Waals surface area contributed by atoms with Gasteiger partial charge in [0.15, 0.2) is 0 Å². The Labute approximate surface area is 222 Å². The molecule has 1 spiro atoms. The van der Waals surface area contributed by atoms with E-state index in [1.807, 2.05) is 11.0 Å². The van der Waals surface area contributed by atoms with Crippen molar-refractivity contribution in [2.24, 2.45) is 0 Å². The fourth-order valence-corrected chi connectivity index (χ4v) is 6.69. The van der Waals surface area contributed by atoms with Gasteiger partial charge in [-0.3, -0.25) is 14.6 Å². The molecular formula is C27H34ClN5O4. The lowest BCUT2D eigenvalue weighted by molar-refractivity contribution is -0.147. The smallest absolute Gasteiger partial charge is 0.408 e. The van der Waals surface area contributed by atoms with Crippen LogP contribution in [0.5, 0.6) is 0 Å². The van der Waals surface area contributed by atoms with Crippen LogP contribution in [0, 0.1) is 6.57 Å². The molecule has 3 aliphatic heterocycles. The summed E-state index contributed by atoms with van der Waals surface area (Å²) in [6, 6.07) is 0.143. The first-order chi connectivity index (χ1) is 17.5. The average molecular weight is 528 g/mol. The number of nitrogens with zero attached hydrogens (tertiary/aromatic N) is 4. The molecule has 4 fully saturated rings. The third-order valence-corrected chi connectivity index (χ3v) is 8.44. The van der Waals surface area contributed by atoms with Gasteiger partial charge in [0.05, 0.1) is 10.9 Å². The van der Waals surface area contributed by atoms with Crippen molar-refractivity contribution in [1.82, 2.24) is 20.1 Å². The zero-order valence-corrected chi connectivity index (χ0v) is 22.3. The van der Waals surface area contributed by atoms with Crippen molar-refractivity contribution in [3.8, 4) is 0 Å². The minimum atomic E-state index is -0.719. The summed E-state index contributed by atoms with van der Waals surface area (Å²) in [6.45, 7) is 13.7. The molecule has 5 rings (SSSR count). The second-order valence-corrected chi connectivity index (χ2v) is 12.2. The fourth-order valence-electron chi connectivity index (χ4n) is 6.51. The Hall–Kier alpha value is -2.86. The number of hydrogen-bond donors (Lipinski definition) is 1. The molecule has 1 aromatic rings. The number of halogens is 1. The number of alkyl carbamates (subject to hydrolysis) is 1. The van der Waals surface area contributed by atoms with E-state index in [9.17, 15) is 14.4 Å². The van der Waals surface area contributed by atoms with Crippen molar-refractivity contribution >= 4 is 29.5 Å². The highest BCUT2D eigenvalue weighted by atomic mass is 35.5. The zero-order chi connectivity index (χ0) is 26.5. The summed E-state index contributed by atoms with van der Waals surface area (Å²) in [5.41, 5.74) is -0.297. The van der Waals surface area contributed by atoms with Gasteiger partial charge >= 0.3 is 6.09 Å². The van der Waals surface area contributed by atoms with Crippen molar-refractivity contribution < 1.29 is 19.1 Å². The van der Waals surface area contributed by atoms with Gasteiger partial charge in [0.2, 0.25) is 11.8 Å². The van der Waals surface area contributed by atoms with E-state index in [0.29, 0.717) is 24.4 Å². The van der Waals surface area contributed by atoms with Gasteiger partial charge in [0, 0.05) is 25.0 Å². The van der Waals surface area contributed by atoms with Crippen LogP contribution in [0.3, 0.4) is 0 Å². The lowest BCUT2D eigenvalue weighted by Gasteiger charge is -2.34. The Kier molecular flexibility index (Phi) is 6.59. The predicted molar refractivity (Wildman–Crippen MR) is 137 cm³/mol. The summed E-state index contributed by atoms with van der Waals surface area (Å²) < 4.78 is 5.38. The summed E-state index contributed by atoms with van der Waals surface area (Å²) in [7, 11) is 0. The molecule has 3 saturated heterocycles. The maximum Gasteiger partial charge on any atom is 0.408 e. The van der Waals surface area contributed by atoms with Gasteiger partial charge < -0.3 is 24.7 Å². The highest BCUT2D eigenvalue weighted by molar-refractivity contribution is 6.30. The Morgan fingerprint density at radius 1 is 1.22 bits per heavy atom. The molecule has 1 saturated carbocycles. The summed E-state index contributed by atoms with van der Waals surface area (Å²) >= 11 is 6.19. The molecular weight excluding hydrogens is 494 g/mol. The van der Waals surface area contributed by atoms with E-state index in [1.54, 1.807) is 38.1 Å². The second-order valence-electron chi connectivity index (χ2n) is 11.8. The van der Waals surface area contributed by atoms with Crippen LogP contribution in [0.4, 0.5) is 4.79 Å². The second kappa shape index (κ2) is 9.46. The molecule has 198 valence electrons. The highest BCUT2D eigenvalue weighted by Crippen LogP contribution is 2.56. The third kappa shape index (κ3) is 4.76. The molecule has 0 bridgehead atoms. The van der Waals surface area contributed by atoms with Crippen LogP contribution in [-0.2, 0) is 14.3 Å². The number of carbonyl (C=O) groups excluding carboxylic acids is 3. The predicted octanol–water partition coefficient (Wildman–Crippen LogP) is 3.92. The Bertz CT molecular complexity index is 1140. The maximum absolute atomic E-state index is 14.1. The Morgan fingerprint density at radius 2 is 1.97 bits per heavy atom. The van der Waals surface area contributed by atoms with Crippen LogP contribution in [0.15, 0.2) is 18.5 Å². The van der Waals surface area contributed by atoms with E-state index in [0.717, 1.165) is 37.7 Å². The molecule has 0 radical (unpaired) electrons. The molecule has 0 aromatic carbocycles. The standard InChI is InChI=1S/C27H34ClN5O4/c1-26(2,3)37-25(36)31-20-7-5-6-18-8-9-21(33(18)23(20)34)24(35)32-15-19(16-12-17(28)14-30-13-16)22(29-4)27(32)10-11-27/h12-14,18-22H,5-11,15H2,1-3H3,(H,31,36)/t18-,19-,20-,21-,22-/m0/s1. The maximum atomic E-state index is 14.1. The number of fused-ring (bicyclic) bond motifs is 1. The van der Waals surface area contributed by atoms with Gasteiger partial charge in [0.25, 0.3) is 6.04 Å². The van der Waals surface area contributed by atoms with Gasteiger partial charge in [-0.2, -0.15) is 0 Å². The van der Waals surface area contributed by atoms with Crippen LogP contribution in [0.25, 0.3) is 4.85 Å². The Morgan fingerprint density at radius 3 is 2.62 bits per heavy atom. The van der Waals surface area contributed by atoms with Crippen LogP contribution < -0.4 is 5.32 Å². The van der Waals surface area contributed by atoms with Crippen molar-refractivity contribution in [3.05, 3.63) is 40.5 Å². The summed E-state index contributed by atoms with van der Waals surface area (Å²) in [6.07, 6.45) is 7.68. The van der Waals surface area contributed by atoms with E-state index in [2.05, 4.69) is 15.1 Å². The SMILES string of the molecule is [C-]#[N+][C@H]1[C@H](c2cncc(Cl)c2)CN(C(=O)[C@@H]2CC[C@@H]3CCC[C@H](NC(=O)OC(C)(C)C)C(=O)N32)C12CC2. The summed E-state index contributed by atoms with van der Waals surface area (Å²) in [5.74, 6) is -0.475. The van der Waals surface area contributed by atoms with E-state index >= 15 is 0 Å². The number of carbonyl (C=O) groups is 3. The van der Waals surface area contributed by atoms with Crippen LogP contribution in [0.1, 0.15) is 77.2 Å². The molecule has 5 atom stereocenters. The van der Waals surface area contributed by atoms with E-state index in [4.69, 9.17) is 22.9 Å². The van der Waals surface area contributed by atoms with E-state index in [-0.39, 0.29) is 29.8 Å². The monoisotopic (exact) mass is 527 g/mol. The minimum Gasteiger partial charge on any atom is -0.444 e. The summed E-state index contributed by atoms with van der Waals surface area (Å²) in [4.78, 5) is 52.0. The molecule has 10 heteroatoms. The lowest BCUT2D eigenvalue weighted by Crippen LogP contribution is -2.56. The quantitative estimate of drug-likeness (QED) is 0.601. The van der Waals surface area contributed by atoms with E-state index in [1.165, 1.54) is 0 Å². The summed E-state index contributed by atoms with van der Waals surface area (Å²) in [5, 5.41) is 3.26. The molecule has 4 aliphatic rings. The first-order valence-electron chi connectivity index (χ1n) is 13.1. The minimum absolute atomic E-state index is 0.0192. The largest absolute Gasteiger partial charge is 0.444 e. The number of amides is 3. The van der Waals surface area contributed by atoms with Crippen molar-refractivity contribution in [3.63, 3.8) is 0 Å². The fraction of sp³-hybridized carbons (Fsp3) is 0.667. The van der Waals surface area contributed by atoms with Gasteiger partial charge in [0.1, 0.15) is 23.2 Å². The van der Waals surface area contributed by atoms with Crippen molar-refractivity contribution in [2.75, 3.05) is 6.54 Å². The van der Waals surface area contributed by atoms with Gasteiger partial charge in [-0.05, 0) is 77.3 Å². The molecule has 1 N–H and O–H groups in total. The first-order valence-corrected chi connectivity index (χ1v) is 13.5. The number of pyridine rings is 1. The third-order valence-electron chi connectivity index (χ3n) is 8.23. The molecule has 3 amide bonds.